The first kappa shape index (κ1) is 22.4. The normalized spacial score (nSPS) is 11.7. The van der Waals surface area contributed by atoms with Gasteiger partial charge in [0, 0.05) is 16.6 Å². The maximum Gasteiger partial charge on any atom is 0.344 e. The van der Waals surface area contributed by atoms with Crippen molar-refractivity contribution in [2.75, 3.05) is 13.2 Å². The number of halogens is 2. The van der Waals surface area contributed by atoms with E-state index in [2.05, 4.69) is 17.1 Å². The highest BCUT2D eigenvalue weighted by atomic mass is 35.5. The van der Waals surface area contributed by atoms with Crippen molar-refractivity contribution in [3.05, 3.63) is 93.1 Å². The Labute approximate surface area is 206 Å². The topological polar surface area (TPSA) is 65.5 Å². The van der Waals surface area contributed by atoms with Crippen molar-refractivity contribution < 1.29 is 19.1 Å². The van der Waals surface area contributed by atoms with E-state index in [9.17, 15) is 9.59 Å². The number of aromatic nitrogens is 1. The highest BCUT2D eigenvalue weighted by Crippen LogP contribution is 2.38. The minimum atomic E-state index is -0.688. The first-order valence-corrected chi connectivity index (χ1v) is 11.4. The molecule has 0 unspecified atom stereocenters. The van der Waals surface area contributed by atoms with E-state index in [-0.39, 0.29) is 23.2 Å². The number of fused-ring (bicyclic) bond motifs is 4. The second kappa shape index (κ2) is 9.09. The average molecular weight is 492 g/mol. The molecule has 0 radical (unpaired) electrons. The molecule has 170 valence electrons. The van der Waals surface area contributed by atoms with Crippen LogP contribution < -0.4 is 4.74 Å². The van der Waals surface area contributed by atoms with Gasteiger partial charge in [-0.25, -0.2) is 9.78 Å². The number of hydrogen-bond acceptors (Lipinski definition) is 5. The summed E-state index contributed by atoms with van der Waals surface area (Å²) < 4.78 is 10.8. The van der Waals surface area contributed by atoms with Crippen molar-refractivity contribution in [2.24, 2.45) is 0 Å². The summed E-state index contributed by atoms with van der Waals surface area (Å²) in [5.74, 6) is -0.732. The molecule has 0 saturated carbocycles. The minimum absolute atomic E-state index is 0.234. The second-order valence-corrected chi connectivity index (χ2v) is 8.91. The van der Waals surface area contributed by atoms with E-state index in [0.29, 0.717) is 21.5 Å². The third-order valence-electron chi connectivity index (χ3n) is 5.80. The van der Waals surface area contributed by atoms with Gasteiger partial charge in [0.05, 0.1) is 10.0 Å². The summed E-state index contributed by atoms with van der Waals surface area (Å²) in [4.78, 5) is 29.4. The van der Waals surface area contributed by atoms with E-state index in [0.717, 1.165) is 23.2 Å². The molecule has 1 aliphatic rings. The van der Waals surface area contributed by atoms with Gasteiger partial charge in [-0.2, -0.15) is 0 Å². The fourth-order valence-electron chi connectivity index (χ4n) is 4.13. The van der Waals surface area contributed by atoms with Crippen LogP contribution in [0.25, 0.3) is 22.0 Å². The minimum Gasteiger partial charge on any atom is -0.478 e. The average Bonchev–Trinajstić information content (AvgIpc) is 3.20. The Morgan fingerprint density at radius 2 is 1.71 bits per heavy atom. The van der Waals surface area contributed by atoms with Gasteiger partial charge in [-0.1, -0.05) is 59.6 Å². The van der Waals surface area contributed by atoms with Gasteiger partial charge in [0.25, 0.3) is 0 Å². The molecule has 1 heterocycles. The van der Waals surface area contributed by atoms with Crippen LogP contribution in [0.2, 0.25) is 10.0 Å². The van der Waals surface area contributed by atoms with Crippen LogP contribution in [0.1, 0.15) is 27.2 Å². The number of pyridine rings is 1. The Morgan fingerprint density at radius 3 is 2.56 bits per heavy atom. The van der Waals surface area contributed by atoms with Gasteiger partial charge in [0.1, 0.15) is 5.52 Å². The van der Waals surface area contributed by atoms with Crippen molar-refractivity contribution in [3.8, 4) is 16.9 Å². The maximum atomic E-state index is 12.7. The highest BCUT2D eigenvalue weighted by Gasteiger charge is 2.20. The summed E-state index contributed by atoms with van der Waals surface area (Å²) in [6, 6.07) is 18.9. The van der Waals surface area contributed by atoms with Crippen LogP contribution in [0.4, 0.5) is 0 Å². The highest BCUT2D eigenvalue weighted by molar-refractivity contribution is 6.39. The van der Waals surface area contributed by atoms with E-state index in [1.807, 2.05) is 43.3 Å². The molecule has 7 heteroatoms. The number of ether oxygens (including phenoxy) is 2. The molecule has 5 nitrogen and oxygen atoms in total. The third-order valence-corrected chi connectivity index (χ3v) is 6.39. The molecule has 1 aliphatic carbocycles. The summed E-state index contributed by atoms with van der Waals surface area (Å²) in [5.41, 5.74) is 6.30. The largest absolute Gasteiger partial charge is 0.478 e. The first-order valence-electron chi connectivity index (χ1n) is 10.7. The Bertz CT molecular complexity index is 1460. The number of nitrogens with zero attached hydrogens (tertiary/aromatic N) is 1. The Hall–Kier alpha value is -3.41. The Kier molecular flexibility index (Phi) is 5.98. The van der Waals surface area contributed by atoms with E-state index in [1.54, 1.807) is 12.1 Å². The summed E-state index contributed by atoms with van der Waals surface area (Å²) in [6.45, 7) is 1.03. The van der Waals surface area contributed by atoms with Crippen molar-refractivity contribution in [3.63, 3.8) is 0 Å². The molecule has 34 heavy (non-hydrogen) atoms. The standard InChI is InChI=1S/C27H19Cl2NO4/c1-15-6-9-20-22(28)12-23(29)27(26(20)30-15)34-14-25(32)33-13-24(31)18-8-7-17-10-16-4-2-3-5-19(16)21(17)11-18/h2-9,11-12H,10,13-14H2,1H3. The Balaban J connectivity index is 1.24. The summed E-state index contributed by atoms with van der Waals surface area (Å²) in [7, 11) is 0. The zero-order valence-electron chi connectivity index (χ0n) is 18.2. The van der Waals surface area contributed by atoms with E-state index in [4.69, 9.17) is 32.7 Å². The molecule has 4 aromatic rings. The van der Waals surface area contributed by atoms with Crippen LogP contribution in [0.5, 0.6) is 5.75 Å². The molecule has 0 spiro atoms. The van der Waals surface area contributed by atoms with Crippen LogP contribution in [-0.2, 0) is 16.0 Å². The lowest BCUT2D eigenvalue weighted by atomic mass is 10.0. The van der Waals surface area contributed by atoms with Crippen molar-refractivity contribution in [2.45, 2.75) is 13.3 Å². The fraction of sp³-hybridized carbons (Fsp3) is 0.148. The fourth-order valence-corrected chi connectivity index (χ4v) is 4.70. The molecular weight excluding hydrogens is 473 g/mol. The van der Waals surface area contributed by atoms with Crippen LogP contribution in [0.3, 0.4) is 0 Å². The van der Waals surface area contributed by atoms with E-state index in [1.165, 1.54) is 11.1 Å². The monoisotopic (exact) mass is 491 g/mol. The third kappa shape index (κ3) is 4.25. The predicted molar refractivity (Wildman–Crippen MR) is 132 cm³/mol. The molecule has 0 atom stereocenters. The molecule has 0 bridgehead atoms. The predicted octanol–water partition coefficient (Wildman–Crippen LogP) is 6.23. The molecule has 0 amide bonds. The lowest BCUT2D eigenvalue weighted by Crippen LogP contribution is -2.19. The number of benzene rings is 3. The molecule has 3 aromatic carbocycles. The van der Waals surface area contributed by atoms with Crippen LogP contribution in [0, 0.1) is 6.92 Å². The quantitative estimate of drug-likeness (QED) is 0.208. The number of ketones is 1. The van der Waals surface area contributed by atoms with Gasteiger partial charge < -0.3 is 9.47 Å². The number of carbonyl (C=O) groups is 2. The lowest BCUT2D eigenvalue weighted by Gasteiger charge is -2.12. The number of Topliss-reactive ketones (excluding diaryl/α,β-unsaturated/α-hetero) is 1. The van der Waals surface area contributed by atoms with Gasteiger partial charge in [-0.3, -0.25) is 4.79 Å². The lowest BCUT2D eigenvalue weighted by molar-refractivity contribution is -0.144. The molecule has 5 rings (SSSR count). The molecule has 1 aromatic heterocycles. The van der Waals surface area contributed by atoms with Gasteiger partial charge in [-0.05, 0) is 59.9 Å². The summed E-state index contributed by atoms with van der Waals surface area (Å²) in [5, 5.41) is 1.33. The molecule has 0 aliphatic heterocycles. The van der Waals surface area contributed by atoms with Crippen molar-refractivity contribution in [1.29, 1.82) is 0 Å². The SMILES string of the molecule is Cc1ccc2c(Cl)cc(Cl)c(OCC(=O)OCC(=O)c3ccc4c(c3)-c3ccccc3C4)c2n1. The van der Waals surface area contributed by atoms with Gasteiger partial charge in [0.2, 0.25) is 0 Å². The molecular formula is C27H19Cl2NO4. The van der Waals surface area contributed by atoms with Crippen LogP contribution in [0.15, 0.2) is 60.7 Å². The van der Waals surface area contributed by atoms with E-state index < -0.39 is 12.6 Å². The van der Waals surface area contributed by atoms with Crippen LogP contribution >= 0.6 is 23.2 Å². The smallest absolute Gasteiger partial charge is 0.344 e. The second-order valence-electron chi connectivity index (χ2n) is 8.10. The van der Waals surface area contributed by atoms with Crippen molar-refractivity contribution in [1.82, 2.24) is 4.98 Å². The number of hydrogen-bond donors (Lipinski definition) is 0. The van der Waals surface area contributed by atoms with Crippen molar-refractivity contribution >= 4 is 45.9 Å². The Morgan fingerprint density at radius 1 is 0.912 bits per heavy atom. The maximum absolute atomic E-state index is 12.7. The van der Waals surface area contributed by atoms with Gasteiger partial charge in [-0.15, -0.1) is 0 Å². The summed E-state index contributed by atoms with van der Waals surface area (Å²) in [6.07, 6.45) is 0.850. The molecule has 0 saturated heterocycles. The first-order chi connectivity index (χ1) is 16.4. The van der Waals surface area contributed by atoms with E-state index >= 15 is 0 Å². The van der Waals surface area contributed by atoms with Gasteiger partial charge in [0.15, 0.2) is 24.7 Å². The number of esters is 1. The molecule has 0 fully saturated rings. The number of carbonyl (C=O) groups excluding carboxylic acids is 2. The van der Waals surface area contributed by atoms with Crippen LogP contribution in [-0.4, -0.2) is 30.0 Å². The number of rotatable bonds is 6. The summed E-state index contributed by atoms with van der Waals surface area (Å²) >= 11 is 12.5. The zero-order chi connectivity index (χ0) is 23.8. The number of aryl methyl sites for hydroxylation is 1. The molecule has 0 N–H and O–H groups in total. The van der Waals surface area contributed by atoms with Gasteiger partial charge >= 0.3 is 5.97 Å². The zero-order valence-corrected chi connectivity index (χ0v) is 19.7.